The van der Waals surface area contributed by atoms with E-state index in [4.69, 9.17) is 23.7 Å². The molecule has 1 fully saturated rings. The molecular weight excluding hydrogens is 502 g/mol. The van der Waals surface area contributed by atoms with Crippen LogP contribution in [-0.2, 0) is 45.2 Å². The Morgan fingerprint density at radius 1 is 1.13 bits per heavy atom. The Morgan fingerprint density at radius 3 is 2.45 bits per heavy atom. The second-order valence-electron chi connectivity index (χ2n) is 10.1. The number of likely N-dealkylation sites (tertiary alicyclic amines) is 1. The predicted octanol–water partition coefficient (Wildman–Crippen LogP) is 0.669. The number of hydrogen-bond donors (Lipinski definition) is 2. The van der Waals surface area contributed by atoms with Gasteiger partial charge in [-0.05, 0) is 37.6 Å². The van der Waals surface area contributed by atoms with Gasteiger partial charge in [0, 0.05) is 38.3 Å². The van der Waals surface area contributed by atoms with Crippen LogP contribution in [0.5, 0.6) is 11.5 Å². The molecule has 5 rings (SSSR count). The van der Waals surface area contributed by atoms with Crippen molar-refractivity contribution in [3.63, 3.8) is 0 Å². The second kappa shape index (κ2) is 8.98. The molecule has 2 bridgehead atoms. The minimum absolute atomic E-state index is 0.0911. The number of nitrogens with zero attached hydrogens (tertiary/aromatic N) is 1. The highest BCUT2D eigenvalue weighted by molar-refractivity contribution is 5.88. The second-order valence-corrected chi connectivity index (χ2v) is 10.1. The van der Waals surface area contributed by atoms with Crippen LogP contribution < -0.4 is 9.47 Å². The first-order valence-corrected chi connectivity index (χ1v) is 12.2. The fraction of sp³-hybridized carbons (Fsp3) is 0.538. The molecule has 38 heavy (non-hydrogen) atoms. The summed E-state index contributed by atoms with van der Waals surface area (Å²) in [5.41, 5.74) is -0.104. The third-order valence-corrected chi connectivity index (χ3v) is 8.12. The highest BCUT2D eigenvalue weighted by Crippen LogP contribution is 2.65. The van der Waals surface area contributed by atoms with E-state index in [1.54, 1.807) is 12.1 Å². The molecule has 2 N–H and O–H groups in total. The van der Waals surface area contributed by atoms with Crippen LogP contribution in [0.1, 0.15) is 37.8 Å². The van der Waals surface area contributed by atoms with Crippen molar-refractivity contribution in [3.05, 3.63) is 35.1 Å². The van der Waals surface area contributed by atoms with E-state index >= 15 is 0 Å². The van der Waals surface area contributed by atoms with E-state index in [0.29, 0.717) is 37.3 Å². The van der Waals surface area contributed by atoms with Crippen LogP contribution in [0, 0.1) is 5.92 Å². The number of carbonyl (C=O) groups excluding carboxylic acids is 3. The number of rotatable bonds is 7. The Hall–Kier alpha value is -3.64. The van der Waals surface area contributed by atoms with E-state index in [2.05, 4.69) is 0 Å². The van der Waals surface area contributed by atoms with Gasteiger partial charge in [0.2, 0.25) is 12.2 Å². The summed E-state index contributed by atoms with van der Waals surface area (Å²) in [6.07, 6.45) is -2.07. The van der Waals surface area contributed by atoms with Crippen LogP contribution in [0.4, 0.5) is 0 Å². The van der Waals surface area contributed by atoms with Crippen molar-refractivity contribution in [3.8, 4) is 11.5 Å². The number of carbonyl (C=O) groups is 4. The van der Waals surface area contributed by atoms with Gasteiger partial charge in [0.25, 0.3) is 0 Å². The molecule has 12 nitrogen and oxygen atoms in total. The van der Waals surface area contributed by atoms with E-state index in [1.807, 2.05) is 18.0 Å². The van der Waals surface area contributed by atoms with Gasteiger partial charge in [-0.3, -0.25) is 14.5 Å². The molecule has 2 aliphatic carbocycles. The Morgan fingerprint density at radius 2 is 1.82 bits per heavy atom. The fourth-order valence-corrected chi connectivity index (χ4v) is 6.60. The van der Waals surface area contributed by atoms with Crippen LogP contribution in [0.2, 0.25) is 0 Å². The molecule has 204 valence electrons. The van der Waals surface area contributed by atoms with Crippen molar-refractivity contribution in [2.75, 3.05) is 20.7 Å². The largest absolute Gasteiger partial charge is 0.493 e. The van der Waals surface area contributed by atoms with E-state index in [1.165, 1.54) is 7.11 Å². The molecule has 1 spiro atoms. The van der Waals surface area contributed by atoms with Crippen molar-refractivity contribution in [2.24, 2.45) is 5.92 Å². The highest BCUT2D eigenvalue weighted by Gasteiger charge is 2.69. The van der Waals surface area contributed by atoms with Gasteiger partial charge in [-0.2, -0.15) is 0 Å². The lowest BCUT2D eigenvalue weighted by Gasteiger charge is -2.60. The number of methoxy groups -OCH3 is 1. The maximum atomic E-state index is 13.3. The lowest BCUT2D eigenvalue weighted by atomic mass is 9.51. The van der Waals surface area contributed by atoms with Gasteiger partial charge in [-0.25, -0.2) is 9.59 Å². The summed E-state index contributed by atoms with van der Waals surface area (Å²) in [6.45, 7) is 2.50. The number of aliphatic carboxylic acids is 1. The molecule has 2 aliphatic heterocycles. The van der Waals surface area contributed by atoms with Crippen molar-refractivity contribution in [1.82, 2.24) is 4.90 Å². The number of piperidine rings is 1. The highest BCUT2D eigenvalue weighted by atomic mass is 16.6. The lowest BCUT2D eigenvalue weighted by Crippen LogP contribution is -2.70. The zero-order valence-electron chi connectivity index (χ0n) is 21.4. The van der Waals surface area contributed by atoms with Crippen molar-refractivity contribution < 1.29 is 53.1 Å². The minimum atomic E-state index is -2.12. The summed E-state index contributed by atoms with van der Waals surface area (Å²) in [6, 6.07) is 3.67. The lowest BCUT2D eigenvalue weighted by molar-refractivity contribution is -0.206. The number of hydrogen-bond acceptors (Lipinski definition) is 11. The number of carboxylic acid groups (broad SMARTS) is 1. The molecular formula is C26H29NO11. The Bertz CT molecular complexity index is 1260. The number of carboxylic acids is 1. The van der Waals surface area contributed by atoms with Gasteiger partial charge in [-0.15, -0.1) is 0 Å². The topological polar surface area (TPSA) is 158 Å². The molecule has 6 atom stereocenters. The van der Waals surface area contributed by atoms with E-state index in [0.717, 1.165) is 25.0 Å². The molecule has 4 aliphatic rings. The average molecular weight is 532 g/mol. The molecule has 2 heterocycles. The normalized spacial score (nSPS) is 30.1. The summed E-state index contributed by atoms with van der Waals surface area (Å²) >= 11 is 0. The first-order chi connectivity index (χ1) is 17.9. The number of aliphatic hydroxyl groups is 1. The Kier molecular flexibility index (Phi) is 6.14. The molecule has 0 radical (unpaired) electrons. The molecule has 1 saturated heterocycles. The zero-order valence-corrected chi connectivity index (χ0v) is 21.4. The standard InChI is InChI=1S/C26H29NO11/c1-12(28)35-20(23(30)31)21(36-13(2)29)24(32)37-16-7-8-17-25-9-10-27(3)26(17,33)11-14-5-6-15(34-4)19(18(14)25)38-22(16)25/h5-7,17,20-22,33H,8-11H2,1-4H3,(H,30,31)/t17-,20+,21+,22-,25-,26+/m0/s1. The first kappa shape index (κ1) is 26.0. The Labute approximate surface area is 218 Å². The Balaban J connectivity index is 1.55. The van der Waals surface area contributed by atoms with Crippen LogP contribution in [0.15, 0.2) is 24.0 Å². The molecule has 1 aromatic rings. The maximum Gasteiger partial charge on any atom is 0.357 e. The number of ether oxygens (including phenoxy) is 5. The molecule has 0 amide bonds. The van der Waals surface area contributed by atoms with Crippen molar-refractivity contribution in [2.45, 2.75) is 62.6 Å². The monoisotopic (exact) mass is 531 g/mol. The third-order valence-electron chi connectivity index (χ3n) is 8.12. The minimum Gasteiger partial charge on any atom is -0.493 e. The van der Waals surface area contributed by atoms with Crippen molar-refractivity contribution >= 4 is 23.9 Å². The van der Waals surface area contributed by atoms with Gasteiger partial charge >= 0.3 is 23.9 Å². The summed E-state index contributed by atoms with van der Waals surface area (Å²) in [5.74, 6) is -4.06. The number of allylic oxidation sites excluding steroid dienone is 1. The number of esters is 3. The van der Waals surface area contributed by atoms with Gasteiger partial charge in [0.1, 0.15) is 11.5 Å². The molecule has 0 unspecified atom stereocenters. The molecule has 0 aromatic heterocycles. The van der Waals surface area contributed by atoms with Crippen LogP contribution in [0.25, 0.3) is 0 Å². The van der Waals surface area contributed by atoms with Gasteiger partial charge in [0.15, 0.2) is 17.6 Å². The third kappa shape index (κ3) is 3.65. The van der Waals surface area contributed by atoms with Gasteiger partial charge < -0.3 is 33.9 Å². The van der Waals surface area contributed by atoms with Crippen LogP contribution >= 0.6 is 0 Å². The number of benzene rings is 1. The van der Waals surface area contributed by atoms with Crippen LogP contribution in [-0.4, -0.2) is 83.7 Å². The van der Waals surface area contributed by atoms with Gasteiger partial charge in [-0.1, -0.05) is 6.07 Å². The summed E-state index contributed by atoms with van der Waals surface area (Å²) in [7, 11) is 3.39. The van der Waals surface area contributed by atoms with E-state index < -0.39 is 53.3 Å². The van der Waals surface area contributed by atoms with E-state index in [-0.39, 0.29) is 11.7 Å². The molecule has 0 saturated carbocycles. The fourth-order valence-electron chi connectivity index (χ4n) is 6.60. The zero-order chi connectivity index (χ0) is 27.6. The molecule has 12 heteroatoms. The smallest absolute Gasteiger partial charge is 0.357 e. The average Bonchev–Trinajstić information content (AvgIpc) is 3.20. The van der Waals surface area contributed by atoms with Crippen LogP contribution in [0.3, 0.4) is 0 Å². The number of likely N-dealkylation sites (N-methyl/N-ethyl adjacent to an activating group) is 1. The maximum absolute atomic E-state index is 13.3. The SMILES string of the molecule is COc1ccc2c3c1O[C@H]1C(OC(=O)[C@H](OC(C)=O)[C@@H](OC(C)=O)C(=O)O)=CC[C@H]4[C@@]31CCN(C)[C@@]4(O)C2. The summed E-state index contributed by atoms with van der Waals surface area (Å²) < 4.78 is 27.4. The van der Waals surface area contributed by atoms with Crippen molar-refractivity contribution in [1.29, 1.82) is 0 Å². The first-order valence-electron chi connectivity index (χ1n) is 12.2. The summed E-state index contributed by atoms with van der Waals surface area (Å²) in [5, 5.41) is 21.4. The summed E-state index contributed by atoms with van der Waals surface area (Å²) in [4.78, 5) is 50.2. The predicted molar refractivity (Wildman–Crippen MR) is 126 cm³/mol. The van der Waals surface area contributed by atoms with Gasteiger partial charge in [0.05, 0.1) is 12.5 Å². The quantitative estimate of drug-likeness (QED) is 0.375. The molecule has 1 aromatic carbocycles. The van der Waals surface area contributed by atoms with E-state index in [9.17, 15) is 29.4 Å².